The van der Waals surface area contributed by atoms with Crippen LogP contribution in [0.3, 0.4) is 0 Å². The van der Waals surface area contributed by atoms with Crippen LogP contribution in [0, 0.1) is 6.92 Å². The topological polar surface area (TPSA) is 81.4 Å². The SMILES string of the molecule is Cc1ccc(CC(=O)NCCOc2ccc3nnc(-c4ccccc4Cl)n3n2)cc1. The molecule has 1 amide bonds. The van der Waals surface area contributed by atoms with Gasteiger partial charge in [-0.05, 0) is 30.7 Å². The zero-order valence-electron chi connectivity index (χ0n) is 16.4. The molecule has 0 radical (unpaired) electrons. The highest BCUT2D eigenvalue weighted by Crippen LogP contribution is 2.26. The van der Waals surface area contributed by atoms with E-state index in [1.54, 1.807) is 22.7 Å². The average molecular weight is 422 g/mol. The monoisotopic (exact) mass is 421 g/mol. The second-order valence-corrected chi connectivity index (χ2v) is 7.21. The Labute approximate surface area is 178 Å². The van der Waals surface area contributed by atoms with E-state index in [1.807, 2.05) is 49.4 Å². The molecule has 0 fully saturated rings. The second-order valence-electron chi connectivity index (χ2n) is 6.81. The summed E-state index contributed by atoms with van der Waals surface area (Å²) in [7, 11) is 0. The van der Waals surface area contributed by atoms with Crippen molar-refractivity contribution in [3.63, 3.8) is 0 Å². The fourth-order valence-electron chi connectivity index (χ4n) is 2.96. The Bertz CT molecular complexity index is 1170. The summed E-state index contributed by atoms with van der Waals surface area (Å²) < 4.78 is 7.28. The van der Waals surface area contributed by atoms with Crippen LogP contribution in [-0.2, 0) is 11.2 Å². The lowest BCUT2D eigenvalue weighted by Gasteiger charge is -2.08. The number of halogens is 1. The van der Waals surface area contributed by atoms with Crippen LogP contribution in [0.4, 0.5) is 0 Å². The lowest BCUT2D eigenvalue weighted by Crippen LogP contribution is -2.29. The maximum atomic E-state index is 12.1. The number of aromatic nitrogens is 4. The highest BCUT2D eigenvalue weighted by molar-refractivity contribution is 6.33. The molecule has 0 saturated heterocycles. The molecule has 30 heavy (non-hydrogen) atoms. The number of carbonyl (C=O) groups excluding carboxylic acids is 1. The molecular weight excluding hydrogens is 402 g/mol. The fourth-order valence-corrected chi connectivity index (χ4v) is 3.18. The summed E-state index contributed by atoms with van der Waals surface area (Å²) >= 11 is 6.27. The number of aryl methyl sites for hydroxylation is 1. The van der Waals surface area contributed by atoms with Crippen molar-refractivity contribution < 1.29 is 9.53 Å². The van der Waals surface area contributed by atoms with E-state index in [2.05, 4.69) is 20.6 Å². The van der Waals surface area contributed by atoms with E-state index in [1.165, 1.54) is 5.56 Å². The first kappa shape index (κ1) is 19.8. The van der Waals surface area contributed by atoms with Crippen molar-refractivity contribution >= 4 is 23.2 Å². The third-order valence-electron chi connectivity index (χ3n) is 4.51. The number of ether oxygens (including phenoxy) is 1. The summed E-state index contributed by atoms with van der Waals surface area (Å²) in [4.78, 5) is 12.1. The van der Waals surface area contributed by atoms with Gasteiger partial charge in [0.1, 0.15) is 6.61 Å². The first-order chi connectivity index (χ1) is 14.6. The van der Waals surface area contributed by atoms with Crippen molar-refractivity contribution in [3.8, 4) is 17.3 Å². The Kier molecular flexibility index (Phi) is 5.90. The average Bonchev–Trinajstić information content (AvgIpc) is 3.16. The lowest BCUT2D eigenvalue weighted by molar-refractivity contribution is -0.120. The van der Waals surface area contributed by atoms with Crippen molar-refractivity contribution in [2.24, 2.45) is 0 Å². The molecule has 1 N–H and O–H groups in total. The molecule has 0 saturated carbocycles. The van der Waals surface area contributed by atoms with E-state index in [-0.39, 0.29) is 5.91 Å². The quantitative estimate of drug-likeness (QED) is 0.462. The van der Waals surface area contributed by atoms with Gasteiger partial charge < -0.3 is 10.1 Å². The first-order valence-electron chi connectivity index (χ1n) is 9.52. The van der Waals surface area contributed by atoms with Crippen LogP contribution in [0.2, 0.25) is 5.02 Å². The van der Waals surface area contributed by atoms with E-state index >= 15 is 0 Å². The van der Waals surface area contributed by atoms with Gasteiger partial charge in [-0.15, -0.1) is 15.3 Å². The van der Waals surface area contributed by atoms with Gasteiger partial charge in [-0.25, -0.2) is 0 Å². The Hall–Kier alpha value is -3.45. The predicted molar refractivity (Wildman–Crippen MR) is 115 cm³/mol. The molecule has 7 nitrogen and oxygen atoms in total. The van der Waals surface area contributed by atoms with E-state index in [0.717, 1.165) is 11.1 Å². The standard InChI is InChI=1S/C22H20ClN5O2/c1-15-6-8-16(9-7-15)14-20(29)24-12-13-30-21-11-10-19-25-26-22(28(19)27-21)17-4-2-3-5-18(17)23/h2-11H,12-14H2,1H3,(H,24,29). The van der Waals surface area contributed by atoms with E-state index < -0.39 is 0 Å². The molecular formula is C22H20ClN5O2. The Morgan fingerprint density at radius 1 is 1.07 bits per heavy atom. The van der Waals surface area contributed by atoms with Crippen LogP contribution >= 0.6 is 11.6 Å². The summed E-state index contributed by atoms with van der Waals surface area (Å²) in [6.07, 6.45) is 0.340. The zero-order chi connectivity index (χ0) is 20.9. The van der Waals surface area contributed by atoms with Crippen LogP contribution in [-0.4, -0.2) is 38.9 Å². The largest absolute Gasteiger partial charge is 0.475 e. The zero-order valence-corrected chi connectivity index (χ0v) is 17.1. The first-order valence-corrected chi connectivity index (χ1v) is 9.90. The number of hydrogen-bond donors (Lipinski definition) is 1. The lowest BCUT2D eigenvalue weighted by atomic mass is 10.1. The molecule has 2 aromatic carbocycles. The molecule has 0 aliphatic heterocycles. The number of fused-ring (bicyclic) bond motifs is 1. The summed E-state index contributed by atoms with van der Waals surface area (Å²) in [5, 5.41) is 16.2. The third kappa shape index (κ3) is 4.58. The molecule has 0 bridgehead atoms. The molecule has 2 heterocycles. The number of amides is 1. The van der Waals surface area contributed by atoms with Crippen molar-refractivity contribution in [1.29, 1.82) is 0 Å². The van der Waals surface area contributed by atoms with Crippen LogP contribution in [0.25, 0.3) is 17.0 Å². The Morgan fingerprint density at radius 3 is 2.67 bits per heavy atom. The highest BCUT2D eigenvalue weighted by atomic mass is 35.5. The molecule has 0 aliphatic carbocycles. The third-order valence-corrected chi connectivity index (χ3v) is 4.84. The van der Waals surface area contributed by atoms with Crippen molar-refractivity contribution in [2.75, 3.05) is 13.2 Å². The molecule has 4 aromatic rings. The van der Waals surface area contributed by atoms with Gasteiger partial charge in [0.25, 0.3) is 0 Å². The number of rotatable bonds is 7. The van der Waals surface area contributed by atoms with Gasteiger partial charge in [-0.2, -0.15) is 4.52 Å². The van der Waals surface area contributed by atoms with Crippen molar-refractivity contribution in [2.45, 2.75) is 13.3 Å². The summed E-state index contributed by atoms with van der Waals surface area (Å²) in [5.41, 5.74) is 3.47. The molecule has 8 heteroatoms. The van der Waals surface area contributed by atoms with Crippen molar-refractivity contribution in [1.82, 2.24) is 25.1 Å². The Balaban J connectivity index is 1.35. The Morgan fingerprint density at radius 2 is 1.87 bits per heavy atom. The number of nitrogens with one attached hydrogen (secondary N) is 1. The number of hydrogen-bond acceptors (Lipinski definition) is 5. The predicted octanol–water partition coefficient (Wildman–Crippen LogP) is 3.49. The van der Waals surface area contributed by atoms with Crippen molar-refractivity contribution in [3.05, 3.63) is 76.8 Å². The minimum Gasteiger partial charge on any atom is -0.475 e. The van der Waals surface area contributed by atoms with Gasteiger partial charge in [0.05, 0.1) is 18.0 Å². The maximum absolute atomic E-state index is 12.1. The summed E-state index contributed by atoms with van der Waals surface area (Å²) in [6.45, 7) is 2.69. The minimum atomic E-state index is -0.0503. The van der Waals surface area contributed by atoms with E-state index in [9.17, 15) is 4.79 Å². The molecule has 152 valence electrons. The van der Waals surface area contributed by atoms with E-state index in [0.29, 0.717) is 41.9 Å². The molecule has 2 aromatic heterocycles. The highest BCUT2D eigenvalue weighted by Gasteiger charge is 2.13. The smallest absolute Gasteiger partial charge is 0.231 e. The summed E-state index contributed by atoms with van der Waals surface area (Å²) in [5.74, 6) is 0.890. The van der Waals surface area contributed by atoms with Gasteiger partial charge in [-0.3, -0.25) is 4.79 Å². The van der Waals surface area contributed by atoms with Crippen LogP contribution in [0.1, 0.15) is 11.1 Å². The van der Waals surface area contributed by atoms with Crippen LogP contribution < -0.4 is 10.1 Å². The maximum Gasteiger partial charge on any atom is 0.231 e. The van der Waals surface area contributed by atoms with Gasteiger partial charge in [-0.1, -0.05) is 53.6 Å². The molecule has 0 unspecified atom stereocenters. The van der Waals surface area contributed by atoms with Crippen LogP contribution in [0.15, 0.2) is 60.7 Å². The van der Waals surface area contributed by atoms with Gasteiger partial charge in [0.2, 0.25) is 11.8 Å². The number of carbonyl (C=O) groups is 1. The molecule has 0 spiro atoms. The van der Waals surface area contributed by atoms with Crippen LogP contribution in [0.5, 0.6) is 5.88 Å². The molecule has 0 atom stereocenters. The van der Waals surface area contributed by atoms with Gasteiger partial charge >= 0.3 is 0 Å². The molecule has 0 aliphatic rings. The molecule has 4 rings (SSSR count). The van der Waals surface area contributed by atoms with Gasteiger partial charge in [0, 0.05) is 11.6 Å². The normalized spacial score (nSPS) is 10.9. The van der Waals surface area contributed by atoms with E-state index in [4.69, 9.17) is 16.3 Å². The number of benzene rings is 2. The number of nitrogens with zero attached hydrogens (tertiary/aromatic N) is 4. The van der Waals surface area contributed by atoms with Gasteiger partial charge in [0.15, 0.2) is 11.5 Å². The minimum absolute atomic E-state index is 0.0503. The summed E-state index contributed by atoms with van der Waals surface area (Å²) in [6, 6.07) is 18.8. The second kappa shape index (κ2) is 8.92. The fraction of sp³-hybridized carbons (Fsp3) is 0.182.